The summed E-state index contributed by atoms with van der Waals surface area (Å²) in [5, 5.41) is 9.41. The van der Waals surface area contributed by atoms with E-state index in [1.165, 1.54) is 18.2 Å². The number of rotatable bonds is 7. The zero-order valence-electron chi connectivity index (χ0n) is 13.3. The second-order valence-corrected chi connectivity index (χ2v) is 5.01. The largest absolute Gasteiger partial charge is 0.508 e. The van der Waals surface area contributed by atoms with Gasteiger partial charge in [-0.2, -0.15) is 0 Å². The summed E-state index contributed by atoms with van der Waals surface area (Å²) in [5.74, 6) is 1.21. The van der Waals surface area contributed by atoms with Crippen molar-refractivity contribution in [3.8, 4) is 17.2 Å². The predicted molar refractivity (Wildman–Crippen MR) is 90.3 cm³/mol. The average Bonchev–Trinajstić information content (AvgIpc) is 2.58. The summed E-state index contributed by atoms with van der Waals surface area (Å²) in [6, 6.07) is 11.8. The van der Waals surface area contributed by atoms with Crippen LogP contribution < -0.4 is 9.47 Å². The number of carbonyl (C=O) groups excluding carboxylic acids is 1. The fraction of sp³-hybridized carbons (Fsp3) is 0.211. The average molecular weight is 312 g/mol. The molecule has 4 nitrogen and oxygen atoms in total. The molecule has 2 rings (SSSR count). The van der Waals surface area contributed by atoms with Crippen LogP contribution >= 0.6 is 0 Å². The summed E-state index contributed by atoms with van der Waals surface area (Å²) in [7, 11) is 1.58. The maximum atomic E-state index is 12.1. The fourth-order valence-corrected chi connectivity index (χ4v) is 2.05. The van der Waals surface area contributed by atoms with Crippen molar-refractivity contribution in [3.63, 3.8) is 0 Å². The third kappa shape index (κ3) is 4.61. The minimum Gasteiger partial charge on any atom is -0.508 e. The number of methoxy groups -OCH3 is 1. The lowest BCUT2D eigenvalue weighted by Crippen LogP contribution is -1.98. The minimum atomic E-state index is -0.175. The van der Waals surface area contributed by atoms with Gasteiger partial charge in [0.05, 0.1) is 13.7 Å². The Hall–Kier alpha value is -2.75. The third-order valence-corrected chi connectivity index (χ3v) is 3.21. The molecule has 4 heteroatoms. The highest BCUT2D eigenvalue weighted by Crippen LogP contribution is 2.28. The smallest absolute Gasteiger partial charge is 0.185 e. The Bertz CT molecular complexity index is 704. The summed E-state index contributed by atoms with van der Waals surface area (Å²) in [6.07, 6.45) is 4.10. The molecule has 1 N–H and O–H groups in total. The maximum Gasteiger partial charge on any atom is 0.185 e. The molecule has 0 saturated heterocycles. The number of hydrogen-bond donors (Lipinski definition) is 1. The summed E-state index contributed by atoms with van der Waals surface area (Å²) in [4.78, 5) is 12.1. The Morgan fingerprint density at radius 1 is 1.17 bits per heavy atom. The van der Waals surface area contributed by atoms with E-state index in [0.717, 1.165) is 12.0 Å². The van der Waals surface area contributed by atoms with Crippen LogP contribution in [0.3, 0.4) is 0 Å². The number of benzene rings is 2. The van der Waals surface area contributed by atoms with Gasteiger partial charge in [0.25, 0.3) is 0 Å². The Morgan fingerprint density at radius 2 is 2.00 bits per heavy atom. The number of phenolic OH excluding ortho intramolecular Hbond substituents is 1. The van der Waals surface area contributed by atoms with E-state index in [9.17, 15) is 9.90 Å². The normalized spacial score (nSPS) is 10.7. The molecule has 0 amide bonds. The molecular weight excluding hydrogens is 292 g/mol. The van der Waals surface area contributed by atoms with Crippen LogP contribution in [0, 0.1) is 0 Å². The lowest BCUT2D eigenvalue weighted by molar-refractivity contribution is 0.104. The van der Waals surface area contributed by atoms with Crippen LogP contribution in [0.2, 0.25) is 0 Å². The Labute approximate surface area is 136 Å². The standard InChI is InChI=1S/C19H20O4/c1-3-11-23-18-10-8-14(12-19(18)22-2)7-9-17(21)15-5-4-6-16(20)13-15/h4-10,12-13,20H,3,11H2,1-2H3/b9-7+. The molecule has 0 radical (unpaired) electrons. The highest BCUT2D eigenvalue weighted by molar-refractivity contribution is 6.07. The summed E-state index contributed by atoms with van der Waals surface area (Å²) in [5.41, 5.74) is 1.27. The van der Waals surface area contributed by atoms with Crippen molar-refractivity contribution in [2.45, 2.75) is 13.3 Å². The van der Waals surface area contributed by atoms with E-state index in [0.29, 0.717) is 23.7 Å². The monoisotopic (exact) mass is 312 g/mol. The van der Waals surface area contributed by atoms with E-state index in [4.69, 9.17) is 9.47 Å². The SMILES string of the molecule is CCCOc1ccc(/C=C/C(=O)c2cccc(O)c2)cc1OC. The van der Waals surface area contributed by atoms with Crippen LogP contribution in [0.1, 0.15) is 29.3 Å². The molecule has 0 bridgehead atoms. The third-order valence-electron chi connectivity index (χ3n) is 3.21. The lowest BCUT2D eigenvalue weighted by Gasteiger charge is -2.10. The van der Waals surface area contributed by atoms with Crippen molar-refractivity contribution in [2.24, 2.45) is 0 Å². The number of carbonyl (C=O) groups is 1. The van der Waals surface area contributed by atoms with Crippen LogP contribution in [0.15, 0.2) is 48.5 Å². The molecule has 0 atom stereocenters. The second kappa shape index (κ2) is 8.03. The van der Waals surface area contributed by atoms with Gasteiger partial charge in [0.15, 0.2) is 17.3 Å². The van der Waals surface area contributed by atoms with Gasteiger partial charge < -0.3 is 14.6 Å². The summed E-state index contributed by atoms with van der Waals surface area (Å²) >= 11 is 0. The molecule has 0 saturated carbocycles. The highest BCUT2D eigenvalue weighted by Gasteiger charge is 2.06. The molecule has 2 aromatic carbocycles. The number of aromatic hydroxyl groups is 1. The van der Waals surface area contributed by atoms with E-state index in [1.807, 2.05) is 25.1 Å². The van der Waals surface area contributed by atoms with Gasteiger partial charge in [-0.05, 0) is 42.3 Å². The molecular formula is C19H20O4. The van der Waals surface area contributed by atoms with Crippen molar-refractivity contribution < 1.29 is 19.4 Å². The molecule has 0 aromatic heterocycles. The topological polar surface area (TPSA) is 55.8 Å². The molecule has 0 aliphatic rings. The first-order valence-electron chi connectivity index (χ1n) is 7.46. The zero-order chi connectivity index (χ0) is 16.7. The Morgan fingerprint density at radius 3 is 2.70 bits per heavy atom. The number of phenols is 1. The Balaban J connectivity index is 2.14. The molecule has 0 fully saturated rings. The van der Waals surface area contributed by atoms with E-state index in [1.54, 1.807) is 25.3 Å². The molecule has 0 aliphatic heterocycles. The van der Waals surface area contributed by atoms with Crippen LogP contribution in [0.5, 0.6) is 17.2 Å². The van der Waals surface area contributed by atoms with Gasteiger partial charge in [-0.3, -0.25) is 4.79 Å². The first-order valence-corrected chi connectivity index (χ1v) is 7.46. The van der Waals surface area contributed by atoms with Gasteiger partial charge in [-0.1, -0.05) is 31.2 Å². The van der Waals surface area contributed by atoms with Crippen molar-refractivity contribution >= 4 is 11.9 Å². The van der Waals surface area contributed by atoms with E-state index < -0.39 is 0 Å². The quantitative estimate of drug-likeness (QED) is 0.618. The summed E-state index contributed by atoms with van der Waals surface area (Å²) in [6.45, 7) is 2.66. The van der Waals surface area contributed by atoms with Crippen molar-refractivity contribution in [3.05, 3.63) is 59.7 Å². The first-order chi connectivity index (χ1) is 11.1. The van der Waals surface area contributed by atoms with Gasteiger partial charge in [-0.15, -0.1) is 0 Å². The van der Waals surface area contributed by atoms with E-state index in [-0.39, 0.29) is 11.5 Å². The number of ether oxygens (including phenoxy) is 2. The van der Waals surface area contributed by atoms with E-state index >= 15 is 0 Å². The molecule has 0 heterocycles. The predicted octanol–water partition coefficient (Wildman–Crippen LogP) is 4.09. The first kappa shape index (κ1) is 16.6. The zero-order valence-corrected chi connectivity index (χ0v) is 13.3. The van der Waals surface area contributed by atoms with Crippen LogP contribution in [-0.4, -0.2) is 24.6 Å². The molecule has 0 aliphatic carbocycles. The van der Waals surface area contributed by atoms with Gasteiger partial charge in [0, 0.05) is 5.56 Å². The minimum absolute atomic E-state index is 0.0725. The summed E-state index contributed by atoms with van der Waals surface area (Å²) < 4.78 is 10.9. The number of allylic oxidation sites excluding steroid dienone is 1. The van der Waals surface area contributed by atoms with Crippen LogP contribution in [0.25, 0.3) is 6.08 Å². The van der Waals surface area contributed by atoms with Crippen molar-refractivity contribution in [2.75, 3.05) is 13.7 Å². The fourth-order valence-electron chi connectivity index (χ4n) is 2.05. The molecule has 2 aromatic rings. The Kier molecular flexibility index (Phi) is 5.80. The van der Waals surface area contributed by atoms with E-state index in [2.05, 4.69) is 0 Å². The molecule has 0 spiro atoms. The molecule has 0 unspecified atom stereocenters. The van der Waals surface area contributed by atoms with Gasteiger partial charge in [0.1, 0.15) is 5.75 Å². The highest BCUT2D eigenvalue weighted by atomic mass is 16.5. The number of hydrogen-bond acceptors (Lipinski definition) is 4. The van der Waals surface area contributed by atoms with Crippen molar-refractivity contribution in [1.82, 2.24) is 0 Å². The maximum absolute atomic E-state index is 12.1. The van der Waals surface area contributed by atoms with Crippen LogP contribution in [0.4, 0.5) is 0 Å². The van der Waals surface area contributed by atoms with Crippen molar-refractivity contribution in [1.29, 1.82) is 0 Å². The van der Waals surface area contributed by atoms with Gasteiger partial charge in [-0.25, -0.2) is 0 Å². The molecule has 120 valence electrons. The molecule has 23 heavy (non-hydrogen) atoms. The van der Waals surface area contributed by atoms with Gasteiger partial charge in [0.2, 0.25) is 0 Å². The lowest BCUT2D eigenvalue weighted by atomic mass is 10.1. The second-order valence-electron chi connectivity index (χ2n) is 5.01. The van der Waals surface area contributed by atoms with Crippen LogP contribution in [-0.2, 0) is 0 Å². The van der Waals surface area contributed by atoms with Gasteiger partial charge >= 0.3 is 0 Å². The number of ketones is 1.